The second kappa shape index (κ2) is 12.4. The predicted molar refractivity (Wildman–Crippen MR) is 235 cm³/mol. The summed E-state index contributed by atoms with van der Waals surface area (Å²) in [4.78, 5) is 4.59. The molecule has 0 radical (unpaired) electrons. The van der Waals surface area contributed by atoms with Crippen molar-refractivity contribution >= 4 is 88.6 Å². The van der Waals surface area contributed by atoms with Crippen molar-refractivity contribution in [3.05, 3.63) is 200 Å². The first-order chi connectivity index (χ1) is 28.2. The molecular weight excluding hydrogens is 699 g/mol. The number of fused-ring (bicyclic) bond motifs is 9. The molecule has 1 aliphatic rings. The van der Waals surface area contributed by atoms with Crippen LogP contribution in [0.4, 0.5) is 34.1 Å². The number of nitrogens with zero attached hydrogens (tertiary/aromatic N) is 3. The van der Waals surface area contributed by atoms with Gasteiger partial charge in [0.2, 0.25) is 0 Å². The van der Waals surface area contributed by atoms with Gasteiger partial charge in [-0.05, 0) is 102 Å². The Morgan fingerprint density at radius 2 is 0.965 bits per heavy atom. The van der Waals surface area contributed by atoms with Gasteiger partial charge in [0, 0.05) is 56.4 Å². The number of aromatic nitrogens is 1. The van der Waals surface area contributed by atoms with Crippen molar-refractivity contribution < 1.29 is 9.15 Å². The Hall–Kier alpha value is -7.76. The van der Waals surface area contributed by atoms with Crippen LogP contribution < -0.4 is 14.5 Å². The molecule has 0 unspecified atom stereocenters. The van der Waals surface area contributed by atoms with Crippen molar-refractivity contribution in [2.24, 2.45) is 0 Å². The summed E-state index contributed by atoms with van der Waals surface area (Å²) < 4.78 is 15.5. The molecule has 57 heavy (non-hydrogen) atoms. The number of rotatable bonds is 5. The molecule has 0 saturated carbocycles. The maximum atomic E-state index is 6.75. The second-order valence-electron chi connectivity index (χ2n) is 14.6. The highest BCUT2D eigenvalue weighted by atomic mass is 16.5. The third-order valence-electron chi connectivity index (χ3n) is 11.3. The maximum Gasteiger partial charge on any atom is 0.153 e. The van der Waals surface area contributed by atoms with Gasteiger partial charge in [-0.25, -0.2) is 0 Å². The Morgan fingerprint density at radius 1 is 0.368 bits per heavy atom. The fourth-order valence-corrected chi connectivity index (χ4v) is 8.73. The quantitative estimate of drug-likeness (QED) is 0.176. The molecule has 0 spiro atoms. The van der Waals surface area contributed by atoms with Gasteiger partial charge < -0.3 is 23.5 Å². The molecule has 5 nitrogen and oxygen atoms in total. The van der Waals surface area contributed by atoms with Gasteiger partial charge in [-0.3, -0.25) is 0 Å². The van der Waals surface area contributed by atoms with Crippen molar-refractivity contribution in [3.8, 4) is 17.2 Å². The van der Waals surface area contributed by atoms with Crippen molar-refractivity contribution in [1.29, 1.82) is 0 Å². The van der Waals surface area contributed by atoms with E-state index in [0.29, 0.717) is 0 Å². The Labute approximate surface area is 328 Å². The predicted octanol–water partition coefficient (Wildman–Crippen LogP) is 14.9. The van der Waals surface area contributed by atoms with Gasteiger partial charge in [0.25, 0.3) is 0 Å². The lowest BCUT2D eigenvalue weighted by Gasteiger charge is -2.34. The lowest BCUT2D eigenvalue weighted by Crippen LogP contribution is -2.17. The van der Waals surface area contributed by atoms with E-state index in [1.165, 1.54) is 32.6 Å². The highest BCUT2D eigenvalue weighted by molar-refractivity contribution is 6.09. The van der Waals surface area contributed by atoms with Gasteiger partial charge in [-0.2, -0.15) is 0 Å². The number of furan rings is 1. The SMILES string of the molecule is c1ccc2c(c1)Oc1cc(N(c3ccc(-n4c5ccccc5c5ccccc54)cc3)c3ccc4ccccc4c3)ccc1N2c1ccc2c(c1)oc1ccccc12. The molecule has 5 heteroatoms. The van der Waals surface area contributed by atoms with E-state index in [-0.39, 0.29) is 0 Å². The summed E-state index contributed by atoms with van der Waals surface area (Å²) in [7, 11) is 0. The van der Waals surface area contributed by atoms with E-state index < -0.39 is 0 Å². The minimum atomic E-state index is 0.767. The summed E-state index contributed by atoms with van der Waals surface area (Å²) >= 11 is 0. The van der Waals surface area contributed by atoms with E-state index in [0.717, 1.165) is 73.2 Å². The first-order valence-electron chi connectivity index (χ1n) is 19.3. The molecule has 0 atom stereocenters. The van der Waals surface area contributed by atoms with E-state index in [1.807, 2.05) is 24.3 Å². The molecular formula is C52H33N3O2. The molecule has 0 saturated heterocycles. The second-order valence-corrected chi connectivity index (χ2v) is 14.6. The van der Waals surface area contributed by atoms with Crippen LogP contribution in [0.2, 0.25) is 0 Å². The molecule has 2 aromatic heterocycles. The minimum Gasteiger partial charge on any atom is -0.456 e. The summed E-state index contributed by atoms with van der Waals surface area (Å²) in [5.41, 5.74) is 11.2. The highest BCUT2D eigenvalue weighted by Gasteiger charge is 2.28. The standard InChI is InChI=1S/C52H33N3O2/c1-2-12-35-31-38(22-21-34(35)11-1)53(36-23-25-37(26-24-36)54-45-16-6-3-13-41(45)42-14-4-7-17-46(42)54)39-28-30-48-52(33-39)57-50-20-10-8-18-47(50)55(48)40-27-29-44-43-15-5-9-19-49(43)56-51(44)32-40/h1-33H. The van der Waals surface area contributed by atoms with Crippen LogP contribution in [-0.2, 0) is 0 Å². The summed E-state index contributed by atoms with van der Waals surface area (Å²) in [6, 6.07) is 70.8. The van der Waals surface area contributed by atoms with E-state index >= 15 is 0 Å². The van der Waals surface area contributed by atoms with Crippen LogP contribution in [0.15, 0.2) is 205 Å². The molecule has 3 heterocycles. The summed E-state index contributed by atoms with van der Waals surface area (Å²) in [6.07, 6.45) is 0. The van der Waals surface area contributed by atoms with E-state index in [2.05, 4.69) is 190 Å². The Bertz CT molecular complexity index is 3310. The smallest absolute Gasteiger partial charge is 0.153 e. The van der Waals surface area contributed by atoms with Gasteiger partial charge in [-0.1, -0.05) is 97.1 Å². The molecule has 0 aliphatic carbocycles. The molecule has 0 bridgehead atoms. The Morgan fingerprint density at radius 3 is 1.79 bits per heavy atom. The first-order valence-corrected chi connectivity index (χ1v) is 19.3. The molecule has 1 aliphatic heterocycles. The average Bonchev–Trinajstić information content (AvgIpc) is 3.81. The zero-order chi connectivity index (χ0) is 37.5. The van der Waals surface area contributed by atoms with E-state index in [1.54, 1.807) is 0 Å². The first kappa shape index (κ1) is 31.6. The topological polar surface area (TPSA) is 33.8 Å². The lowest BCUT2D eigenvalue weighted by molar-refractivity contribution is 0.477. The molecule has 11 aromatic rings. The number of hydrogen-bond donors (Lipinski definition) is 0. The fourth-order valence-electron chi connectivity index (χ4n) is 8.73. The van der Waals surface area contributed by atoms with E-state index in [9.17, 15) is 0 Å². The molecule has 9 aromatic carbocycles. The minimum absolute atomic E-state index is 0.767. The van der Waals surface area contributed by atoms with Crippen molar-refractivity contribution in [3.63, 3.8) is 0 Å². The van der Waals surface area contributed by atoms with Gasteiger partial charge in [0.15, 0.2) is 11.5 Å². The summed E-state index contributed by atoms with van der Waals surface area (Å²) in [5, 5.41) is 7.09. The van der Waals surface area contributed by atoms with Crippen LogP contribution in [0, 0.1) is 0 Å². The van der Waals surface area contributed by atoms with Crippen molar-refractivity contribution in [2.75, 3.05) is 9.80 Å². The van der Waals surface area contributed by atoms with Gasteiger partial charge >= 0.3 is 0 Å². The average molecular weight is 732 g/mol. The van der Waals surface area contributed by atoms with Crippen LogP contribution in [0.1, 0.15) is 0 Å². The van der Waals surface area contributed by atoms with Crippen LogP contribution in [0.5, 0.6) is 11.5 Å². The number of ether oxygens (including phenoxy) is 1. The zero-order valence-corrected chi connectivity index (χ0v) is 30.7. The molecule has 268 valence electrons. The molecule has 0 fully saturated rings. The molecule has 0 amide bonds. The van der Waals surface area contributed by atoms with Crippen LogP contribution in [0.3, 0.4) is 0 Å². The third-order valence-corrected chi connectivity index (χ3v) is 11.3. The third kappa shape index (κ3) is 4.96. The Kier molecular flexibility index (Phi) is 6.86. The van der Waals surface area contributed by atoms with Crippen molar-refractivity contribution in [1.82, 2.24) is 4.57 Å². The van der Waals surface area contributed by atoms with Crippen LogP contribution >= 0.6 is 0 Å². The van der Waals surface area contributed by atoms with Gasteiger partial charge in [0.05, 0.1) is 28.1 Å². The van der Waals surface area contributed by atoms with E-state index in [4.69, 9.17) is 9.15 Å². The lowest BCUT2D eigenvalue weighted by atomic mass is 10.1. The fraction of sp³-hybridized carbons (Fsp3) is 0. The number of para-hydroxylation sites is 5. The number of anilines is 6. The number of hydrogen-bond acceptors (Lipinski definition) is 4. The largest absolute Gasteiger partial charge is 0.456 e. The van der Waals surface area contributed by atoms with Gasteiger partial charge in [0.1, 0.15) is 11.2 Å². The molecule has 0 N–H and O–H groups in total. The highest BCUT2D eigenvalue weighted by Crippen LogP contribution is 2.53. The number of benzene rings is 9. The Balaban J connectivity index is 1.00. The zero-order valence-electron chi connectivity index (χ0n) is 30.7. The molecule has 12 rings (SSSR count). The monoisotopic (exact) mass is 731 g/mol. The van der Waals surface area contributed by atoms with Crippen molar-refractivity contribution in [2.45, 2.75) is 0 Å². The van der Waals surface area contributed by atoms with Crippen LogP contribution in [-0.4, -0.2) is 4.57 Å². The summed E-state index contributed by atoms with van der Waals surface area (Å²) in [5.74, 6) is 1.56. The summed E-state index contributed by atoms with van der Waals surface area (Å²) in [6.45, 7) is 0. The van der Waals surface area contributed by atoms with Gasteiger partial charge in [-0.15, -0.1) is 0 Å². The van der Waals surface area contributed by atoms with Crippen LogP contribution in [0.25, 0.3) is 60.2 Å². The normalized spacial score (nSPS) is 12.3. The maximum absolute atomic E-state index is 6.75.